The molecule has 0 saturated carbocycles. The molecule has 1 aliphatic heterocycles. The number of amides is 1. The Labute approximate surface area is 155 Å². The average molecular weight is 378 g/mol. The molecule has 4 aromatic rings. The van der Waals surface area contributed by atoms with Gasteiger partial charge in [-0.3, -0.25) is 4.79 Å². The Kier molecular flexibility index (Phi) is 3.17. The van der Waals surface area contributed by atoms with E-state index in [1.54, 1.807) is 12.1 Å². The molecule has 0 bridgehead atoms. The van der Waals surface area contributed by atoms with Gasteiger partial charge in [0, 0.05) is 16.5 Å². The molecule has 3 heterocycles. The van der Waals surface area contributed by atoms with Crippen LogP contribution in [0.15, 0.2) is 35.1 Å². The van der Waals surface area contributed by atoms with Crippen LogP contribution in [0.5, 0.6) is 0 Å². The molecule has 138 valence electrons. The highest BCUT2D eigenvalue weighted by Gasteiger charge is 2.28. The number of anilines is 1. The molecule has 0 saturated heterocycles. The first-order valence-electron chi connectivity index (χ1n) is 8.32. The first kappa shape index (κ1) is 16.2. The number of benzene rings is 2. The smallest absolute Gasteiger partial charge is 0.336 e. The predicted octanol–water partition coefficient (Wildman–Crippen LogP) is 2.40. The quantitative estimate of drug-likeness (QED) is 0.404. The van der Waals surface area contributed by atoms with Gasteiger partial charge in [-0.05, 0) is 30.3 Å². The summed E-state index contributed by atoms with van der Waals surface area (Å²) in [6.07, 6.45) is -0.227. The number of pyridine rings is 1. The Morgan fingerprint density at radius 3 is 2.61 bits per heavy atom. The zero-order valence-corrected chi connectivity index (χ0v) is 14.1. The van der Waals surface area contributed by atoms with Crippen LogP contribution in [0.3, 0.4) is 0 Å². The van der Waals surface area contributed by atoms with Crippen molar-refractivity contribution in [3.63, 3.8) is 0 Å². The van der Waals surface area contributed by atoms with E-state index in [0.29, 0.717) is 33.5 Å². The van der Waals surface area contributed by atoms with Crippen LogP contribution in [-0.4, -0.2) is 31.9 Å². The average Bonchev–Trinajstić information content (AvgIpc) is 2.92. The number of hydrogen-bond donors (Lipinski definition) is 4. The van der Waals surface area contributed by atoms with E-state index in [1.165, 1.54) is 12.1 Å². The Bertz CT molecular complexity index is 1400. The van der Waals surface area contributed by atoms with Crippen LogP contribution in [0.2, 0.25) is 0 Å². The number of aromatic carboxylic acids is 1. The lowest BCUT2D eigenvalue weighted by Crippen LogP contribution is -2.15. The van der Waals surface area contributed by atoms with Crippen molar-refractivity contribution in [1.29, 1.82) is 0 Å². The number of imidazole rings is 1. The number of H-pyrrole nitrogens is 2. The number of nitrogens with zero attached hydrogens (tertiary/aromatic N) is 1. The lowest BCUT2D eigenvalue weighted by atomic mass is 9.94. The third-order valence-electron chi connectivity index (χ3n) is 4.78. The zero-order valence-electron chi connectivity index (χ0n) is 14.1. The number of hydrogen-bond acceptors (Lipinski definition) is 4. The van der Waals surface area contributed by atoms with E-state index in [4.69, 9.17) is 0 Å². The molecule has 0 atom stereocenters. The largest absolute Gasteiger partial charge is 0.478 e. The van der Waals surface area contributed by atoms with Gasteiger partial charge in [-0.1, -0.05) is 0 Å². The van der Waals surface area contributed by atoms with Crippen molar-refractivity contribution in [1.82, 2.24) is 15.0 Å². The van der Waals surface area contributed by atoms with Crippen LogP contribution in [0.1, 0.15) is 15.9 Å². The summed E-state index contributed by atoms with van der Waals surface area (Å²) in [6.45, 7) is 0. The van der Waals surface area contributed by atoms with E-state index >= 15 is 0 Å². The van der Waals surface area contributed by atoms with Gasteiger partial charge in [-0.2, -0.15) is 0 Å². The van der Waals surface area contributed by atoms with Crippen LogP contribution in [0.4, 0.5) is 10.1 Å². The Morgan fingerprint density at radius 2 is 1.86 bits per heavy atom. The van der Waals surface area contributed by atoms with Crippen molar-refractivity contribution >= 4 is 39.5 Å². The highest BCUT2D eigenvalue weighted by molar-refractivity contribution is 6.11. The van der Waals surface area contributed by atoms with Crippen molar-refractivity contribution in [2.75, 3.05) is 5.32 Å². The molecule has 0 radical (unpaired) electrons. The first-order chi connectivity index (χ1) is 13.4. The summed E-state index contributed by atoms with van der Waals surface area (Å²) >= 11 is 0. The van der Waals surface area contributed by atoms with Crippen LogP contribution >= 0.6 is 0 Å². The van der Waals surface area contributed by atoms with Gasteiger partial charge in [0.1, 0.15) is 5.82 Å². The van der Waals surface area contributed by atoms with Gasteiger partial charge in [0.15, 0.2) is 0 Å². The normalized spacial score (nSPS) is 13.1. The van der Waals surface area contributed by atoms with E-state index in [-0.39, 0.29) is 22.9 Å². The summed E-state index contributed by atoms with van der Waals surface area (Å²) in [4.78, 5) is 45.8. The first-order valence-corrected chi connectivity index (χ1v) is 8.32. The molecule has 2 aromatic heterocycles. The van der Waals surface area contributed by atoms with E-state index in [9.17, 15) is 23.9 Å². The monoisotopic (exact) mass is 378 g/mol. The Hall–Kier alpha value is -4.01. The van der Waals surface area contributed by atoms with Gasteiger partial charge in [-0.25, -0.2) is 19.0 Å². The lowest BCUT2D eigenvalue weighted by Gasteiger charge is -2.13. The molecule has 4 N–H and O–H groups in total. The molecule has 0 fully saturated rings. The minimum atomic E-state index is -1.28. The third kappa shape index (κ3) is 2.29. The number of carbonyl (C=O) groups excluding carboxylic acids is 1. The van der Waals surface area contributed by atoms with Gasteiger partial charge >= 0.3 is 11.7 Å². The second-order valence-corrected chi connectivity index (χ2v) is 6.53. The standard InChI is InChI=1S/C19H11FN4O4/c20-7-1-2-11-8(3-7)16(18(26)27)10-5-15(25)21-12-6-14-13(23-19(28)24-14)4-9(12)17(10)22-11/h1-4,6H,5H2,(H,21,25)(H,26,27)(H2,23,24,28). The van der Waals surface area contributed by atoms with Crippen LogP contribution in [-0.2, 0) is 11.2 Å². The van der Waals surface area contributed by atoms with Gasteiger partial charge in [0.25, 0.3) is 0 Å². The van der Waals surface area contributed by atoms with E-state index in [1.807, 2.05) is 0 Å². The van der Waals surface area contributed by atoms with Crippen molar-refractivity contribution in [2.24, 2.45) is 0 Å². The summed E-state index contributed by atoms with van der Waals surface area (Å²) in [5.74, 6) is -2.30. The number of carbonyl (C=O) groups is 2. The van der Waals surface area contributed by atoms with Crippen LogP contribution < -0.4 is 11.0 Å². The topological polar surface area (TPSA) is 128 Å². The maximum atomic E-state index is 13.7. The highest BCUT2D eigenvalue weighted by Crippen LogP contribution is 2.38. The molecule has 1 amide bonds. The maximum Gasteiger partial charge on any atom is 0.336 e. The van der Waals surface area contributed by atoms with Crippen molar-refractivity contribution < 1.29 is 19.1 Å². The lowest BCUT2D eigenvalue weighted by molar-refractivity contribution is -0.115. The number of aromatic amines is 2. The molecule has 9 heteroatoms. The van der Waals surface area contributed by atoms with Gasteiger partial charge < -0.3 is 20.4 Å². The fraction of sp³-hybridized carbons (Fsp3) is 0.0526. The minimum absolute atomic E-state index is 0.124. The molecule has 8 nitrogen and oxygen atoms in total. The molecule has 28 heavy (non-hydrogen) atoms. The molecule has 2 aromatic carbocycles. The van der Waals surface area contributed by atoms with Crippen LogP contribution in [0, 0.1) is 5.82 Å². The molecule has 0 spiro atoms. The third-order valence-corrected chi connectivity index (χ3v) is 4.78. The molecule has 1 aliphatic rings. The van der Waals surface area contributed by atoms with Gasteiger partial charge in [0.2, 0.25) is 5.91 Å². The van der Waals surface area contributed by atoms with Gasteiger partial charge in [-0.15, -0.1) is 0 Å². The molecule has 5 rings (SSSR count). The number of carboxylic acid groups (broad SMARTS) is 1. The predicted molar refractivity (Wildman–Crippen MR) is 98.9 cm³/mol. The Morgan fingerprint density at radius 1 is 1.11 bits per heavy atom. The summed E-state index contributed by atoms with van der Waals surface area (Å²) in [5, 5.41) is 12.6. The van der Waals surface area contributed by atoms with Crippen molar-refractivity contribution in [3.05, 3.63) is 57.8 Å². The fourth-order valence-electron chi connectivity index (χ4n) is 3.65. The zero-order chi connectivity index (χ0) is 19.6. The highest BCUT2D eigenvalue weighted by atomic mass is 19.1. The van der Waals surface area contributed by atoms with E-state index in [0.717, 1.165) is 6.07 Å². The van der Waals surface area contributed by atoms with E-state index < -0.39 is 23.4 Å². The fourth-order valence-corrected chi connectivity index (χ4v) is 3.65. The number of halogens is 1. The summed E-state index contributed by atoms with van der Waals surface area (Å²) in [7, 11) is 0. The molecule has 0 aliphatic carbocycles. The van der Waals surface area contributed by atoms with E-state index in [2.05, 4.69) is 20.3 Å². The van der Waals surface area contributed by atoms with Crippen molar-refractivity contribution in [3.8, 4) is 11.3 Å². The molecular weight excluding hydrogens is 367 g/mol. The summed E-state index contributed by atoms with van der Waals surface area (Å²) in [6, 6.07) is 6.91. The second kappa shape index (κ2) is 5.49. The maximum absolute atomic E-state index is 13.7. The molecule has 0 unspecified atom stereocenters. The van der Waals surface area contributed by atoms with Gasteiger partial charge in [0.05, 0.1) is 39.9 Å². The summed E-state index contributed by atoms with van der Waals surface area (Å²) in [5.41, 5.74) is 2.07. The number of nitrogens with one attached hydrogen (secondary N) is 3. The van der Waals surface area contributed by atoms with Crippen LogP contribution in [0.25, 0.3) is 33.2 Å². The minimum Gasteiger partial charge on any atom is -0.478 e. The number of aromatic nitrogens is 3. The number of fused-ring (bicyclic) bond motifs is 5. The Balaban J connectivity index is 1.95. The molecular formula is C19H11FN4O4. The number of carboxylic acids is 1. The SMILES string of the molecule is O=C1Cc2c(nc3ccc(F)cc3c2C(=O)O)-c2cc3[nH]c(=O)[nH]c3cc2N1. The van der Waals surface area contributed by atoms with Crippen molar-refractivity contribution in [2.45, 2.75) is 6.42 Å². The second-order valence-electron chi connectivity index (χ2n) is 6.53. The summed E-state index contributed by atoms with van der Waals surface area (Å²) < 4.78 is 13.7. The number of rotatable bonds is 1.